The Balaban J connectivity index is 1.90. The molecule has 0 aromatic carbocycles. The van der Waals surface area contributed by atoms with Crippen molar-refractivity contribution < 1.29 is 8.42 Å². The molecule has 114 valence electrons. The van der Waals surface area contributed by atoms with E-state index in [0.29, 0.717) is 16.7 Å². The Morgan fingerprint density at radius 3 is 2.70 bits per heavy atom. The summed E-state index contributed by atoms with van der Waals surface area (Å²) in [5, 5.41) is 3.07. The van der Waals surface area contributed by atoms with Crippen LogP contribution in [0.5, 0.6) is 0 Å². The van der Waals surface area contributed by atoms with Crippen LogP contribution in [-0.4, -0.2) is 28.6 Å². The standard InChI is InChI=1S/C14H24N2O2S2/c1-15-10-9-13-7-8-14(19-13)20(17,18)16-11-12-5-3-2-4-6-12/h7-8,12,15-16H,2-6,9-11H2,1H3. The molecule has 6 heteroatoms. The van der Waals surface area contributed by atoms with Gasteiger partial charge in [-0.15, -0.1) is 11.3 Å². The fourth-order valence-electron chi connectivity index (χ4n) is 2.58. The van der Waals surface area contributed by atoms with Gasteiger partial charge in [0.25, 0.3) is 0 Å². The first kappa shape index (κ1) is 15.9. The minimum Gasteiger partial charge on any atom is -0.319 e. The van der Waals surface area contributed by atoms with Gasteiger partial charge < -0.3 is 5.32 Å². The molecule has 0 amide bonds. The normalized spacial score (nSPS) is 17.4. The fraction of sp³-hybridized carbons (Fsp3) is 0.714. The second-order valence-corrected chi connectivity index (χ2v) is 8.59. The molecule has 1 aromatic rings. The van der Waals surface area contributed by atoms with Gasteiger partial charge in [-0.2, -0.15) is 0 Å². The second-order valence-electron chi connectivity index (χ2n) is 5.43. The van der Waals surface area contributed by atoms with Crippen LogP contribution in [0.15, 0.2) is 16.3 Å². The predicted octanol–water partition coefficient (Wildman–Crippen LogP) is 2.37. The van der Waals surface area contributed by atoms with Crippen LogP contribution in [0.2, 0.25) is 0 Å². The zero-order valence-corrected chi connectivity index (χ0v) is 13.7. The molecule has 2 N–H and O–H groups in total. The maximum atomic E-state index is 12.2. The number of rotatable bonds is 7. The van der Waals surface area contributed by atoms with Crippen molar-refractivity contribution in [2.45, 2.75) is 42.7 Å². The zero-order chi connectivity index (χ0) is 14.4. The van der Waals surface area contributed by atoms with E-state index >= 15 is 0 Å². The highest BCUT2D eigenvalue weighted by atomic mass is 32.2. The molecule has 0 spiro atoms. The Labute approximate surface area is 126 Å². The largest absolute Gasteiger partial charge is 0.319 e. The molecule has 1 aromatic heterocycles. The zero-order valence-electron chi connectivity index (χ0n) is 12.0. The summed E-state index contributed by atoms with van der Waals surface area (Å²) in [5.41, 5.74) is 0. The molecular formula is C14H24N2O2S2. The number of likely N-dealkylation sites (N-methyl/N-ethyl adjacent to an activating group) is 1. The fourth-order valence-corrected chi connectivity index (χ4v) is 5.09. The summed E-state index contributed by atoms with van der Waals surface area (Å²) in [6.45, 7) is 1.46. The summed E-state index contributed by atoms with van der Waals surface area (Å²) < 4.78 is 27.7. The lowest BCUT2D eigenvalue weighted by molar-refractivity contribution is 0.357. The smallest absolute Gasteiger partial charge is 0.250 e. The Hall–Kier alpha value is -0.430. The van der Waals surface area contributed by atoms with E-state index in [1.54, 1.807) is 6.07 Å². The second kappa shape index (κ2) is 7.54. The van der Waals surface area contributed by atoms with E-state index < -0.39 is 10.0 Å². The van der Waals surface area contributed by atoms with E-state index in [0.717, 1.165) is 30.7 Å². The first-order valence-corrected chi connectivity index (χ1v) is 9.65. The van der Waals surface area contributed by atoms with Gasteiger partial charge in [-0.1, -0.05) is 19.3 Å². The van der Waals surface area contributed by atoms with Crippen molar-refractivity contribution >= 4 is 21.4 Å². The number of thiophene rings is 1. The average Bonchev–Trinajstić information content (AvgIpc) is 2.94. The van der Waals surface area contributed by atoms with Crippen LogP contribution in [-0.2, 0) is 16.4 Å². The lowest BCUT2D eigenvalue weighted by Crippen LogP contribution is -2.29. The molecule has 1 saturated carbocycles. The van der Waals surface area contributed by atoms with Crippen LogP contribution < -0.4 is 10.0 Å². The lowest BCUT2D eigenvalue weighted by atomic mass is 9.90. The SMILES string of the molecule is CNCCc1ccc(S(=O)(=O)NCC2CCCCC2)s1. The first-order valence-electron chi connectivity index (χ1n) is 7.35. The summed E-state index contributed by atoms with van der Waals surface area (Å²) in [6.07, 6.45) is 6.95. The Bertz CT molecular complexity index is 505. The van der Waals surface area contributed by atoms with E-state index in [1.165, 1.54) is 30.6 Å². The Morgan fingerprint density at radius 1 is 1.25 bits per heavy atom. The molecule has 0 unspecified atom stereocenters. The maximum absolute atomic E-state index is 12.2. The van der Waals surface area contributed by atoms with Crippen molar-refractivity contribution in [3.05, 3.63) is 17.0 Å². The number of nitrogens with one attached hydrogen (secondary N) is 2. The third-order valence-corrected chi connectivity index (χ3v) is 6.87. The molecule has 0 aliphatic heterocycles. The highest BCUT2D eigenvalue weighted by Crippen LogP contribution is 2.25. The molecule has 1 heterocycles. The molecule has 1 fully saturated rings. The van der Waals surface area contributed by atoms with Gasteiger partial charge in [-0.25, -0.2) is 13.1 Å². The number of sulfonamides is 1. The topological polar surface area (TPSA) is 58.2 Å². The first-order chi connectivity index (χ1) is 9.62. The number of hydrogen-bond acceptors (Lipinski definition) is 4. The number of hydrogen-bond donors (Lipinski definition) is 2. The van der Waals surface area contributed by atoms with Crippen LogP contribution in [0.1, 0.15) is 37.0 Å². The van der Waals surface area contributed by atoms with Gasteiger partial charge in [0.1, 0.15) is 4.21 Å². The van der Waals surface area contributed by atoms with Gasteiger partial charge >= 0.3 is 0 Å². The molecule has 0 radical (unpaired) electrons. The van der Waals surface area contributed by atoms with Gasteiger partial charge in [0.15, 0.2) is 0 Å². The summed E-state index contributed by atoms with van der Waals surface area (Å²) >= 11 is 1.38. The molecule has 0 bridgehead atoms. The van der Waals surface area contributed by atoms with Gasteiger partial charge in [0, 0.05) is 11.4 Å². The minimum atomic E-state index is -3.32. The molecule has 0 atom stereocenters. The average molecular weight is 316 g/mol. The van der Waals surface area contributed by atoms with Crippen molar-refractivity contribution in [2.24, 2.45) is 5.92 Å². The lowest BCUT2D eigenvalue weighted by Gasteiger charge is -2.21. The Morgan fingerprint density at radius 2 is 2.00 bits per heavy atom. The molecular weight excluding hydrogens is 292 g/mol. The van der Waals surface area contributed by atoms with Gasteiger partial charge in [0.2, 0.25) is 10.0 Å². The maximum Gasteiger partial charge on any atom is 0.250 e. The summed E-state index contributed by atoms with van der Waals surface area (Å²) in [7, 11) is -1.42. The van der Waals surface area contributed by atoms with Crippen LogP contribution in [0.4, 0.5) is 0 Å². The van der Waals surface area contributed by atoms with E-state index in [4.69, 9.17) is 0 Å². The van der Waals surface area contributed by atoms with Gasteiger partial charge in [-0.05, 0) is 50.9 Å². The van der Waals surface area contributed by atoms with Crippen LogP contribution in [0.25, 0.3) is 0 Å². The van der Waals surface area contributed by atoms with Crippen LogP contribution in [0.3, 0.4) is 0 Å². The molecule has 2 rings (SSSR count). The van der Waals surface area contributed by atoms with Crippen LogP contribution >= 0.6 is 11.3 Å². The molecule has 20 heavy (non-hydrogen) atoms. The highest BCUT2D eigenvalue weighted by molar-refractivity contribution is 7.91. The predicted molar refractivity (Wildman–Crippen MR) is 83.7 cm³/mol. The van der Waals surface area contributed by atoms with E-state index in [1.807, 2.05) is 13.1 Å². The molecule has 1 aliphatic carbocycles. The third kappa shape index (κ3) is 4.55. The van der Waals surface area contributed by atoms with E-state index in [2.05, 4.69) is 10.0 Å². The molecule has 0 saturated heterocycles. The van der Waals surface area contributed by atoms with Crippen molar-refractivity contribution in [1.82, 2.24) is 10.0 Å². The molecule has 1 aliphatic rings. The van der Waals surface area contributed by atoms with Crippen molar-refractivity contribution in [3.8, 4) is 0 Å². The summed E-state index contributed by atoms with van der Waals surface area (Å²) in [6, 6.07) is 3.63. The van der Waals surface area contributed by atoms with Gasteiger partial charge in [-0.3, -0.25) is 0 Å². The monoisotopic (exact) mass is 316 g/mol. The quantitative estimate of drug-likeness (QED) is 0.812. The van der Waals surface area contributed by atoms with E-state index in [-0.39, 0.29) is 0 Å². The summed E-state index contributed by atoms with van der Waals surface area (Å²) in [5.74, 6) is 0.516. The van der Waals surface area contributed by atoms with Crippen LogP contribution in [0, 0.1) is 5.92 Å². The van der Waals surface area contributed by atoms with Crippen molar-refractivity contribution in [1.29, 1.82) is 0 Å². The molecule has 4 nitrogen and oxygen atoms in total. The van der Waals surface area contributed by atoms with E-state index in [9.17, 15) is 8.42 Å². The summed E-state index contributed by atoms with van der Waals surface area (Å²) in [4.78, 5) is 1.11. The van der Waals surface area contributed by atoms with Gasteiger partial charge in [0.05, 0.1) is 0 Å². The third-order valence-electron chi connectivity index (χ3n) is 3.81. The highest BCUT2D eigenvalue weighted by Gasteiger charge is 2.20. The minimum absolute atomic E-state index is 0.444. The Kier molecular flexibility index (Phi) is 6.01. The van der Waals surface area contributed by atoms with Crippen molar-refractivity contribution in [2.75, 3.05) is 20.1 Å². The van der Waals surface area contributed by atoms with Crippen molar-refractivity contribution in [3.63, 3.8) is 0 Å².